The first-order chi connectivity index (χ1) is 8.43. The molecule has 0 amide bonds. The monoisotopic (exact) mass is 230 g/mol. The van der Waals surface area contributed by atoms with E-state index in [0.717, 1.165) is 30.6 Å². The maximum Gasteiger partial charge on any atom is 0.150 e. The minimum atomic E-state index is 0.0853. The van der Waals surface area contributed by atoms with Gasteiger partial charge in [-0.2, -0.15) is 5.10 Å². The zero-order valence-corrected chi connectivity index (χ0v) is 9.49. The van der Waals surface area contributed by atoms with Crippen LogP contribution in [0.1, 0.15) is 25.5 Å². The minimum Gasteiger partial charge on any atom is -0.357 e. The molecule has 1 aliphatic rings. The molecule has 0 N–H and O–H groups in total. The van der Waals surface area contributed by atoms with Crippen molar-refractivity contribution in [2.75, 3.05) is 6.61 Å². The lowest BCUT2D eigenvalue weighted by molar-refractivity contribution is -0.0394. The van der Waals surface area contributed by atoms with Crippen LogP contribution < -0.4 is 0 Å². The predicted octanol–water partition coefficient (Wildman–Crippen LogP) is 2.04. The lowest BCUT2D eigenvalue weighted by atomic mass is 10.2. The summed E-state index contributed by atoms with van der Waals surface area (Å²) in [6.07, 6.45) is 12.4. The van der Waals surface area contributed by atoms with Crippen molar-refractivity contribution in [1.29, 1.82) is 0 Å². The molecule has 0 aromatic carbocycles. The van der Waals surface area contributed by atoms with Gasteiger partial charge in [0.05, 0.1) is 6.20 Å². The predicted molar refractivity (Wildman–Crippen MR) is 62.1 cm³/mol. The van der Waals surface area contributed by atoms with Crippen molar-refractivity contribution < 1.29 is 4.74 Å². The highest BCUT2D eigenvalue weighted by Gasteiger charge is 2.16. The van der Waals surface area contributed by atoms with Gasteiger partial charge in [0.15, 0.2) is 0 Å². The second-order valence-electron chi connectivity index (χ2n) is 4.16. The van der Waals surface area contributed by atoms with Crippen LogP contribution in [0.4, 0.5) is 0 Å². The van der Waals surface area contributed by atoms with E-state index in [1.54, 1.807) is 12.4 Å². The van der Waals surface area contributed by atoms with Crippen LogP contribution in [0.25, 0.3) is 11.1 Å². The Hall–Kier alpha value is -1.75. The molecule has 5 heteroatoms. The highest BCUT2D eigenvalue weighted by atomic mass is 16.5. The number of nitrogens with zero attached hydrogens (tertiary/aromatic N) is 4. The standard InChI is InChI=1S/C12H14N4O/c1-2-4-17-12(3-1)16-8-11(7-15-16)10-5-13-9-14-6-10/h5-9,12H,1-4H2/t12-/m0/s1. The van der Waals surface area contributed by atoms with Crippen molar-refractivity contribution in [3.8, 4) is 11.1 Å². The Kier molecular flexibility index (Phi) is 2.83. The number of aromatic nitrogens is 4. The molecule has 5 nitrogen and oxygen atoms in total. The first-order valence-electron chi connectivity index (χ1n) is 5.84. The van der Waals surface area contributed by atoms with Crippen LogP contribution in [0.2, 0.25) is 0 Å². The average Bonchev–Trinajstić information content (AvgIpc) is 2.90. The molecule has 3 heterocycles. The van der Waals surface area contributed by atoms with E-state index in [1.807, 2.05) is 17.1 Å². The molecule has 0 unspecified atom stereocenters. The molecule has 0 bridgehead atoms. The van der Waals surface area contributed by atoms with Crippen LogP contribution in [0, 0.1) is 0 Å². The number of hydrogen-bond donors (Lipinski definition) is 0. The average molecular weight is 230 g/mol. The Morgan fingerprint density at radius 3 is 2.76 bits per heavy atom. The van der Waals surface area contributed by atoms with Crippen LogP contribution in [-0.4, -0.2) is 26.4 Å². The Bertz CT molecular complexity index is 476. The molecule has 2 aromatic rings. The summed E-state index contributed by atoms with van der Waals surface area (Å²) in [7, 11) is 0. The van der Waals surface area contributed by atoms with E-state index in [4.69, 9.17) is 4.74 Å². The molecule has 0 aliphatic carbocycles. The fourth-order valence-electron chi connectivity index (χ4n) is 2.03. The SMILES string of the molecule is c1ncc(-c2cnn([C@@H]3CCCCO3)c2)cn1. The molecule has 1 saturated heterocycles. The highest BCUT2D eigenvalue weighted by molar-refractivity contribution is 5.59. The first kappa shape index (κ1) is 10.4. The maximum absolute atomic E-state index is 5.68. The number of ether oxygens (including phenoxy) is 1. The molecule has 0 radical (unpaired) electrons. The third-order valence-electron chi connectivity index (χ3n) is 2.95. The number of hydrogen-bond acceptors (Lipinski definition) is 4. The van der Waals surface area contributed by atoms with E-state index in [9.17, 15) is 0 Å². The van der Waals surface area contributed by atoms with Gasteiger partial charge in [-0.1, -0.05) is 0 Å². The molecule has 1 fully saturated rings. The Morgan fingerprint density at radius 1 is 1.12 bits per heavy atom. The topological polar surface area (TPSA) is 52.8 Å². The third-order valence-corrected chi connectivity index (χ3v) is 2.95. The van der Waals surface area contributed by atoms with Gasteiger partial charge >= 0.3 is 0 Å². The van der Waals surface area contributed by atoms with Gasteiger partial charge in [-0.15, -0.1) is 0 Å². The molecule has 17 heavy (non-hydrogen) atoms. The Balaban J connectivity index is 1.83. The Labute approximate surface area is 99.5 Å². The zero-order valence-electron chi connectivity index (χ0n) is 9.49. The van der Waals surface area contributed by atoms with Gasteiger partial charge in [0, 0.05) is 36.3 Å². The van der Waals surface area contributed by atoms with Crippen LogP contribution in [0.3, 0.4) is 0 Å². The van der Waals surface area contributed by atoms with E-state index < -0.39 is 0 Å². The third kappa shape index (κ3) is 2.19. The molecular weight excluding hydrogens is 216 g/mol. The smallest absolute Gasteiger partial charge is 0.150 e. The quantitative estimate of drug-likeness (QED) is 0.792. The summed E-state index contributed by atoms with van der Waals surface area (Å²) in [6, 6.07) is 0. The summed E-state index contributed by atoms with van der Waals surface area (Å²) in [6.45, 7) is 0.828. The first-order valence-corrected chi connectivity index (χ1v) is 5.84. The molecule has 3 rings (SSSR count). The maximum atomic E-state index is 5.68. The summed E-state index contributed by atoms with van der Waals surface area (Å²) < 4.78 is 7.57. The fraction of sp³-hybridized carbons (Fsp3) is 0.417. The summed E-state index contributed by atoms with van der Waals surface area (Å²) in [5, 5.41) is 4.35. The Morgan fingerprint density at radius 2 is 2.00 bits per heavy atom. The number of rotatable bonds is 2. The summed E-state index contributed by atoms with van der Waals surface area (Å²) >= 11 is 0. The summed E-state index contributed by atoms with van der Waals surface area (Å²) in [5.41, 5.74) is 2.01. The lowest BCUT2D eigenvalue weighted by Crippen LogP contribution is -2.18. The van der Waals surface area contributed by atoms with Gasteiger partial charge in [-0.05, 0) is 19.3 Å². The van der Waals surface area contributed by atoms with Crippen molar-refractivity contribution in [1.82, 2.24) is 19.7 Å². The van der Waals surface area contributed by atoms with Gasteiger partial charge in [-0.3, -0.25) is 0 Å². The summed E-state index contributed by atoms with van der Waals surface area (Å²) in [4.78, 5) is 8.01. The van der Waals surface area contributed by atoms with Gasteiger partial charge < -0.3 is 4.74 Å². The molecule has 2 aromatic heterocycles. The van der Waals surface area contributed by atoms with Crippen molar-refractivity contribution in [3.05, 3.63) is 31.1 Å². The molecule has 88 valence electrons. The fourth-order valence-corrected chi connectivity index (χ4v) is 2.03. The van der Waals surface area contributed by atoms with E-state index in [-0.39, 0.29) is 6.23 Å². The van der Waals surface area contributed by atoms with E-state index in [0.29, 0.717) is 0 Å². The van der Waals surface area contributed by atoms with Crippen molar-refractivity contribution in [2.24, 2.45) is 0 Å². The molecule has 1 aliphatic heterocycles. The lowest BCUT2D eigenvalue weighted by Gasteiger charge is -2.22. The summed E-state index contributed by atoms with van der Waals surface area (Å²) in [5.74, 6) is 0. The second kappa shape index (κ2) is 4.63. The van der Waals surface area contributed by atoms with Gasteiger partial charge in [0.2, 0.25) is 0 Å². The second-order valence-corrected chi connectivity index (χ2v) is 4.16. The van der Waals surface area contributed by atoms with Gasteiger partial charge in [0.1, 0.15) is 12.6 Å². The van der Waals surface area contributed by atoms with E-state index >= 15 is 0 Å². The molecule has 0 spiro atoms. The van der Waals surface area contributed by atoms with E-state index in [2.05, 4.69) is 15.1 Å². The van der Waals surface area contributed by atoms with Crippen molar-refractivity contribution >= 4 is 0 Å². The molecule has 1 atom stereocenters. The highest BCUT2D eigenvalue weighted by Crippen LogP contribution is 2.24. The van der Waals surface area contributed by atoms with Gasteiger partial charge in [-0.25, -0.2) is 14.6 Å². The molecule has 0 saturated carbocycles. The molecular formula is C12H14N4O. The van der Waals surface area contributed by atoms with Crippen LogP contribution in [-0.2, 0) is 4.74 Å². The minimum absolute atomic E-state index is 0.0853. The normalized spacial score (nSPS) is 20.4. The van der Waals surface area contributed by atoms with Crippen LogP contribution >= 0.6 is 0 Å². The van der Waals surface area contributed by atoms with Crippen molar-refractivity contribution in [3.63, 3.8) is 0 Å². The van der Waals surface area contributed by atoms with Gasteiger partial charge in [0.25, 0.3) is 0 Å². The van der Waals surface area contributed by atoms with E-state index in [1.165, 1.54) is 12.7 Å². The van der Waals surface area contributed by atoms with Crippen LogP contribution in [0.15, 0.2) is 31.1 Å². The zero-order chi connectivity index (χ0) is 11.5. The van der Waals surface area contributed by atoms with Crippen molar-refractivity contribution in [2.45, 2.75) is 25.5 Å². The van der Waals surface area contributed by atoms with Crippen LogP contribution in [0.5, 0.6) is 0 Å². The largest absolute Gasteiger partial charge is 0.357 e.